The van der Waals surface area contributed by atoms with Gasteiger partial charge in [0.05, 0.1) is 18.0 Å². The van der Waals surface area contributed by atoms with Gasteiger partial charge in [-0.25, -0.2) is 4.79 Å². The number of carbonyl (C=O) groups is 2. The second-order valence-electron chi connectivity index (χ2n) is 6.44. The Morgan fingerprint density at radius 1 is 1.11 bits per heavy atom. The fraction of sp³-hybridized carbons (Fsp3) is 0.182. The van der Waals surface area contributed by atoms with Crippen LogP contribution in [0.3, 0.4) is 0 Å². The summed E-state index contributed by atoms with van der Waals surface area (Å²) < 4.78 is 10.4. The van der Waals surface area contributed by atoms with E-state index in [0.29, 0.717) is 11.3 Å². The fourth-order valence-corrected chi connectivity index (χ4v) is 4.46. The standard InChI is InChI=1S/C22H19NO4S/c1-15-17(11-12-26-15)22(25)27-13-21(24)23-18-9-5-6-10-20(18)28-14-19(23)16-7-3-2-4-8-16/h2-12,19H,13-14H2,1H3/t19-/m0/s1. The van der Waals surface area contributed by atoms with Crippen LogP contribution in [0, 0.1) is 6.92 Å². The largest absolute Gasteiger partial charge is 0.469 e. The molecule has 1 aliphatic heterocycles. The number of nitrogens with zero attached hydrogens (tertiary/aromatic N) is 1. The molecule has 0 aliphatic carbocycles. The molecular weight excluding hydrogens is 374 g/mol. The Kier molecular flexibility index (Phi) is 5.21. The van der Waals surface area contributed by atoms with Crippen molar-refractivity contribution in [1.29, 1.82) is 0 Å². The van der Waals surface area contributed by atoms with Crippen molar-refractivity contribution in [2.75, 3.05) is 17.3 Å². The molecule has 5 nitrogen and oxygen atoms in total. The molecular formula is C22H19NO4S. The maximum absolute atomic E-state index is 13.1. The van der Waals surface area contributed by atoms with Gasteiger partial charge in [0.2, 0.25) is 0 Å². The van der Waals surface area contributed by atoms with Crippen LogP contribution in [0.15, 0.2) is 76.2 Å². The number of para-hydroxylation sites is 1. The molecule has 2 heterocycles. The maximum Gasteiger partial charge on any atom is 0.342 e. The van der Waals surface area contributed by atoms with Crippen molar-refractivity contribution < 1.29 is 18.7 Å². The van der Waals surface area contributed by atoms with E-state index in [0.717, 1.165) is 21.9 Å². The number of benzene rings is 2. The highest BCUT2D eigenvalue weighted by molar-refractivity contribution is 7.99. The molecule has 0 spiro atoms. The van der Waals surface area contributed by atoms with E-state index in [1.165, 1.54) is 6.26 Å². The lowest BCUT2D eigenvalue weighted by Crippen LogP contribution is -2.41. The van der Waals surface area contributed by atoms with Crippen LogP contribution in [-0.2, 0) is 9.53 Å². The minimum absolute atomic E-state index is 0.122. The van der Waals surface area contributed by atoms with Crippen LogP contribution in [0.4, 0.5) is 5.69 Å². The molecule has 2 aromatic carbocycles. The predicted octanol–water partition coefficient (Wildman–Crippen LogP) is 4.63. The number of rotatable bonds is 4. The number of aryl methyl sites for hydroxylation is 1. The zero-order chi connectivity index (χ0) is 19.5. The van der Waals surface area contributed by atoms with Gasteiger partial charge in [0, 0.05) is 10.6 Å². The molecule has 28 heavy (non-hydrogen) atoms. The van der Waals surface area contributed by atoms with Gasteiger partial charge in [0.15, 0.2) is 6.61 Å². The summed E-state index contributed by atoms with van der Waals surface area (Å²) in [5.74, 6) is 0.396. The fourth-order valence-electron chi connectivity index (χ4n) is 3.29. The van der Waals surface area contributed by atoms with E-state index in [9.17, 15) is 9.59 Å². The van der Waals surface area contributed by atoms with Crippen LogP contribution < -0.4 is 4.90 Å². The predicted molar refractivity (Wildman–Crippen MR) is 108 cm³/mol. The van der Waals surface area contributed by atoms with Crippen molar-refractivity contribution >= 4 is 29.3 Å². The number of thioether (sulfide) groups is 1. The number of hydrogen-bond donors (Lipinski definition) is 0. The molecule has 1 aliphatic rings. The smallest absolute Gasteiger partial charge is 0.342 e. The number of amides is 1. The SMILES string of the molecule is Cc1occc1C(=O)OCC(=O)N1c2ccccc2SC[C@H]1c1ccccc1. The molecule has 142 valence electrons. The first kappa shape index (κ1) is 18.4. The van der Waals surface area contributed by atoms with Gasteiger partial charge >= 0.3 is 5.97 Å². The summed E-state index contributed by atoms with van der Waals surface area (Å²) in [5, 5.41) is 0. The van der Waals surface area contributed by atoms with Crippen LogP contribution in [0.5, 0.6) is 0 Å². The van der Waals surface area contributed by atoms with Crippen LogP contribution in [-0.4, -0.2) is 24.2 Å². The molecule has 0 fully saturated rings. The maximum atomic E-state index is 13.1. The molecule has 0 saturated heterocycles. The van der Waals surface area contributed by atoms with Crippen molar-refractivity contribution in [3.63, 3.8) is 0 Å². The molecule has 1 amide bonds. The Hall–Kier alpha value is -2.99. The number of hydrogen-bond acceptors (Lipinski definition) is 5. The van der Waals surface area contributed by atoms with Gasteiger partial charge in [-0.1, -0.05) is 42.5 Å². The van der Waals surface area contributed by atoms with E-state index >= 15 is 0 Å². The van der Waals surface area contributed by atoms with Crippen molar-refractivity contribution in [1.82, 2.24) is 0 Å². The monoisotopic (exact) mass is 393 g/mol. The molecule has 4 rings (SSSR count). The Balaban J connectivity index is 1.59. The van der Waals surface area contributed by atoms with E-state index in [1.807, 2.05) is 54.6 Å². The molecule has 0 N–H and O–H groups in total. The van der Waals surface area contributed by atoms with Crippen LogP contribution in [0.25, 0.3) is 0 Å². The first-order valence-electron chi connectivity index (χ1n) is 8.95. The molecule has 6 heteroatoms. The number of fused-ring (bicyclic) bond motifs is 1. The molecule has 0 saturated carbocycles. The average Bonchev–Trinajstić information content (AvgIpc) is 3.17. The Morgan fingerprint density at radius 3 is 2.61 bits per heavy atom. The Morgan fingerprint density at radius 2 is 1.86 bits per heavy atom. The van der Waals surface area contributed by atoms with Gasteiger partial charge in [-0.2, -0.15) is 0 Å². The van der Waals surface area contributed by atoms with Gasteiger partial charge in [-0.05, 0) is 30.7 Å². The van der Waals surface area contributed by atoms with Crippen LogP contribution >= 0.6 is 11.8 Å². The molecule has 3 aromatic rings. The van der Waals surface area contributed by atoms with Crippen molar-refractivity contribution in [2.24, 2.45) is 0 Å². The van der Waals surface area contributed by atoms with E-state index in [-0.39, 0.29) is 18.6 Å². The molecule has 0 unspecified atom stereocenters. The number of esters is 1. The second-order valence-corrected chi connectivity index (χ2v) is 7.50. The summed E-state index contributed by atoms with van der Waals surface area (Å²) in [5.41, 5.74) is 2.23. The molecule has 0 bridgehead atoms. The summed E-state index contributed by atoms with van der Waals surface area (Å²) in [6, 6.07) is 19.1. The molecule has 1 aromatic heterocycles. The minimum Gasteiger partial charge on any atom is -0.469 e. The summed E-state index contributed by atoms with van der Waals surface area (Å²) in [7, 11) is 0. The lowest BCUT2D eigenvalue weighted by molar-refractivity contribution is -0.122. The zero-order valence-corrected chi connectivity index (χ0v) is 16.1. The normalized spacial score (nSPS) is 15.8. The molecule has 0 radical (unpaired) electrons. The Labute approximate surface area is 167 Å². The lowest BCUT2D eigenvalue weighted by Gasteiger charge is -2.37. The number of carbonyl (C=O) groups excluding carboxylic acids is 2. The highest BCUT2D eigenvalue weighted by Gasteiger charge is 2.33. The van der Waals surface area contributed by atoms with E-state index < -0.39 is 5.97 Å². The van der Waals surface area contributed by atoms with Crippen molar-refractivity contribution in [3.05, 3.63) is 83.8 Å². The van der Waals surface area contributed by atoms with Crippen LogP contribution in [0.2, 0.25) is 0 Å². The highest BCUT2D eigenvalue weighted by Crippen LogP contribution is 2.43. The topological polar surface area (TPSA) is 59.8 Å². The third kappa shape index (κ3) is 3.55. The molecule has 1 atom stereocenters. The summed E-state index contributed by atoms with van der Waals surface area (Å²) in [6.45, 7) is 1.35. The third-order valence-electron chi connectivity index (χ3n) is 4.69. The van der Waals surface area contributed by atoms with Crippen molar-refractivity contribution in [3.8, 4) is 0 Å². The van der Waals surface area contributed by atoms with Crippen LogP contribution in [0.1, 0.15) is 27.7 Å². The lowest BCUT2D eigenvalue weighted by atomic mass is 10.1. The van der Waals surface area contributed by atoms with Gasteiger partial charge in [0.1, 0.15) is 11.3 Å². The number of anilines is 1. The summed E-state index contributed by atoms with van der Waals surface area (Å²) >= 11 is 1.72. The first-order chi connectivity index (χ1) is 13.6. The number of furan rings is 1. The minimum atomic E-state index is -0.560. The summed E-state index contributed by atoms with van der Waals surface area (Å²) in [6.07, 6.45) is 1.43. The highest BCUT2D eigenvalue weighted by atomic mass is 32.2. The van der Waals surface area contributed by atoms with Gasteiger partial charge in [-0.3, -0.25) is 9.69 Å². The average molecular weight is 393 g/mol. The third-order valence-corrected chi connectivity index (χ3v) is 5.83. The van der Waals surface area contributed by atoms with E-state index in [4.69, 9.17) is 9.15 Å². The number of ether oxygens (including phenoxy) is 1. The summed E-state index contributed by atoms with van der Waals surface area (Å²) in [4.78, 5) is 28.2. The van der Waals surface area contributed by atoms with E-state index in [1.54, 1.807) is 29.7 Å². The van der Waals surface area contributed by atoms with Gasteiger partial charge in [-0.15, -0.1) is 11.8 Å². The second kappa shape index (κ2) is 7.94. The van der Waals surface area contributed by atoms with Crippen molar-refractivity contribution in [2.45, 2.75) is 17.9 Å². The van der Waals surface area contributed by atoms with Gasteiger partial charge < -0.3 is 9.15 Å². The van der Waals surface area contributed by atoms with Gasteiger partial charge in [0.25, 0.3) is 5.91 Å². The van der Waals surface area contributed by atoms with E-state index in [2.05, 4.69) is 0 Å². The zero-order valence-electron chi connectivity index (χ0n) is 15.3. The quantitative estimate of drug-likeness (QED) is 0.605. The first-order valence-corrected chi connectivity index (χ1v) is 9.94. The Bertz CT molecular complexity index is 999.